The third-order valence-corrected chi connectivity index (χ3v) is 3.44. The Morgan fingerprint density at radius 2 is 2.00 bits per heavy atom. The number of hydrogen-bond acceptors (Lipinski definition) is 4. The first kappa shape index (κ1) is 14.9. The lowest BCUT2D eigenvalue weighted by Crippen LogP contribution is -2.30. The number of aromatic nitrogens is 1. The third-order valence-electron chi connectivity index (χ3n) is 2.07. The predicted octanol–water partition coefficient (Wildman–Crippen LogP) is 2.51. The summed E-state index contributed by atoms with van der Waals surface area (Å²) in [5, 5.41) is 0. The lowest BCUT2D eigenvalue weighted by Gasteiger charge is -2.00. The first-order valence-electron chi connectivity index (χ1n) is 5.47. The van der Waals surface area contributed by atoms with E-state index in [4.69, 9.17) is 4.74 Å². The van der Waals surface area contributed by atoms with E-state index in [0.717, 1.165) is 9.93 Å². The number of thioether (sulfide) groups is 1. The van der Waals surface area contributed by atoms with E-state index < -0.39 is 0 Å². The van der Waals surface area contributed by atoms with Crippen LogP contribution in [0.4, 0.5) is 0 Å². The van der Waals surface area contributed by atoms with Crippen LogP contribution in [0.2, 0.25) is 0 Å². The molecule has 0 aliphatic carbocycles. The Labute approximate surface area is 117 Å². The van der Waals surface area contributed by atoms with Crippen molar-refractivity contribution < 1.29 is 14.1 Å². The minimum Gasteiger partial charge on any atom is -0.463 e. The molecule has 0 bridgehead atoms. The van der Waals surface area contributed by atoms with Crippen molar-refractivity contribution in [1.29, 1.82) is 0 Å². The van der Waals surface area contributed by atoms with Gasteiger partial charge in [0.05, 0.1) is 6.61 Å². The van der Waals surface area contributed by atoms with Gasteiger partial charge in [0.25, 0.3) is 0 Å². The Morgan fingerprint density at radius 3 is 2.56 bits per heavy atom. The molecule has 0 aliphatic heterocycles. The second-order valence-electron chi connectivity index (χ2n) is 3.26. The zero-order chi connectivity index (χ0) is 13.4. The second kappa shape index (κ2) is 8.00. The Hall–Kier alpha value is -1.20. The maximum absolute atomic E-state index is 11.3. The van der Waals surface area contributed by atoms with Crippen LogP contribution in [0.25, 0.3) is 5.70 Å². The Morgan fingerprint density at radius 1 is 1.33 bits per heavy atom. The van der Waals surface area contributed by atoms with E-state index >= 15 is 0 Å². The lowest BCUT2D eigenvalue weighted by molar-refractivity contribution is -0.578. The molecule has 96 valence electrons. The number of pyridine rings is 1. The molecule has 0 spiro atoms. The summed E-state index contributed by atoms with van der Waals surface area (Å²) in [6, 6.07) is 5.76. The number of thiol groups is 1. The molecule has 1 rings (SSSR count). The van der Waals surface area contributed by atoms with Gasteiger partial charge in [-0.25, -0.2) is 4.79 Å². The van der Waals surface area contributed by atoms with Gasteiger partial charge in [-0.2, -0.15) is 4.57 Å². The van der Waals surface area contributed by atoms with E-state index in [2.05, 4.69) is 12.6 Å². The zero-order valence-electron chi connectivity index (χ0n) is 10.4. The van der Waals surface area contributed by atoms with Crippen molar-refractivity contribution >= 4 is 36.1 Å². The number of nitrogens with zero attached hydrogens (tertiary/aromatic N) is 1. The van der Waals surface area contributed by atoms with Crippen LogP contribution in [0, 0.1) is 0 Å². The van der Waals surface area contributed by atoms with Crippen molar-refractivity contribution in [1.82, 2.24) is 0 Å². The van der Waals surface area contributed by atoms with Crippen molar-refractivity contribution in [2.45, 2.75) is 6.92 Å². The molecule has 3 nitrogen and oxygen atoms in total. The topological polar surface area (TPSA) is 30.2 Å². The molecule has 0 N–H and O–H groups in total. The van der Waals surface area contributed by atoms with E-state index in [9.17, 15) is 4.79 Å². The van der Waals surface area contributed by atoms with Crippen LogP contribution in [0.1, 0.15) is 6.92 Å². The van der Waals surface area contributed by atoms with Gasteiger partial charge in [0.15, 0.2) is 12.4 Å². The Bertz CT molecular complexity index is 455. The van der Waals surface area contributed by atoms with Crippen LogP contribution in [0.3, 0.4) is 0 Å². The van der Waals surface area contributed by atoms with Gasteiger partial charge in [-0.05, 0) is 13.2 Å². The average Bonchev–Trinajstić information content (AvgIpc) is 2.40. The molecule has 1 heterocycles. The molecule has 1 aromatic rings. The van der Waals surface area contributed by atoms with Gasteiger partial charge in [0.1, 0.15) is 4.24 Å². The summed E-state index contributed by atoms with van der Waals surface area (Å²) in [4.78, 5) is 11.3. The van der Waals surface area contributed by atoms with Gasteiger partial charge in [-0.3, -0.25) is 0 Å². The highest BCUT2D eigenvalue weighted by Gasteiger charge is 2.11. The summed E-state index contributed by atoms with van der Waals surface area (Å²) in [5.74, 6) is -0.353. The van der Waals surface area contributed by atoms with Gasteiger partial charge >= 0.3 is 5.97 Å². The highest BCUT2D eigenvalue weighted by molar-refractivity contribution is 8.15. The molecular formula is C13H16NO2S2+. The fourth-order valence-corrected chi connectivity index (χ4v) is 1.84. The molecule has 0 unspecified atom stereocenters. The minimum absolute atomic E-state index is 0.353. The van der Waals surface area contributed by atoms with Gasteiger partial charge < -0.3 is 4.74 Å². The third kappa shape index (κ3) is 4.58. The zero-order valence-corrected chi connectivity index (χ0v) is 12.1. The quantitative estimate of drug-likeness (QED) is 0.296. The normalized spacial score (nSPS) is 12.4. The number of carbonyl (C=O) groups excluding carboxylic acids is 1. The van der Waals surface area contributed by atoms with Crippen molar-refractivity contribution in [2.75, 3.05) is 12.9 Å². The van der Waals surface area contributed by atoms with Crippen molar-refractivity contribution in [2.24, 2.45) is 0 Å². The fraction of sp³-hybridized carbons (Fsp3) is 0.231. The monoisotopic (exact) mass is 282 g/mol. The molecule has 0 saturated carbocycles. The number of ether oxygens (including phenoxy) is 1. The maximum atomic E-state index is 11.3. The summed E-state index contributed by atoms with van der Waals surface area (Å²) in [6.07, 6.45) is 8.85. The summed E-state index contributed by atoms with van der Waals surface area (Å²) < 4.78 is 7.58. The van der Waals surface area contributed by atoms with Crippen LogP contribution in [0.15, 0.2) is 47.0 Å². The maximum Gasteiger partial charge on any atom is 0.330 e. The van der Waals surface area contributed by atoms with Crippen LogP contribution in [0.5, 0.6) is 0 Å². The molecule has 1 aromatic heterocycles. The molecule has 0 atom stereocenters. The predicted molar refractivity (Wildman–Crippen MR) is 78.1 cm³/mol. The van der Waals surface area contributed by atoms with Crippen LogP contribution in [-0.2, 0) is 9.53 Å². The molecular weight excluding hydrogens is 266 g/mol. The Kier molecular flexibility index (Phi) is 6.60. The van der Waals surface area contributed by atoms with Gasteiger partial charge in [0, 0.05) is 24.3 Å². The van der Waals surface area contributed by atoms with Crippen LogP contribution in [-0.4, -0.2) is 18.8 Å². The van der Waals surface area contributed by atoms with Crippen LogP contribution >= 0.6 is 24.4 Å². The first-order chi connectivity index (χ1) is 8.69. The summed E-state index contributed by atoms with van der Waals surface area (Å²) in [6.45, 7) is 2.15. The summed E-state index contributed by atoms with van der Waals surface area (Å²) in [5.41, 5.74) is 0.833. The van der Waals surface area contributed by atoms with E-state index in [0.29, 0.717) is 6.61 Å². The molecule has 0 aromatic carbocycles. The summed E-state index contributed by atoms with van der Waals surface area (Å²) >= 11 is 5.92. The molecule has 5 heteroatoms. The van der Waals surface area contributed by atoms with Gasteiger partial charge in [-0.1, -0.05) is 6.07 Å². The summed E-state index contributed by atoms with van der Waals surface area (Å²) in [7, 11) is 0. The molecule has 0 radical (unpaired) electrons. The standard InChI is InChI=1S/C13H15NO2S2/c1-3-16-12(15)8-7-11(13(17)18-2)14-9-5-4-6-10-14/h4-10H,3H2,1-2H3/p+1. The Balaban J connectivity index is 2.99. The van der Waals surface area contributed by atoms with Gasteiger partial charge in [-0.15, -0.1) is 24.4 Å². The molecule has 18 heavy (non-hydrogen) atoms. The number of allylic oxidation sites excluding steroid dienone is 2. The van der Waals surface area contributed by atoms with Crippen LogP contribution < -0.4 is 4.57 Å². The molecule has 0 fully saturated rings. The fourth-order valence-electron chi connectivity index (χ4n) is 1.27. The number of carbonyl (C=O) groups is 1. The smallest absolute Gasteiger partial charge is 0.330 e. The van der Waals surface area contributed by atoms with E-state index in [1.54, 1.807) is 13.0 Å². The minimum atomic E-state index is -0.353. The number of hydrogen-bond donors (Lipinski definition) is 1. The average molecular weight is 282 g/mol. The number of rotatable bonds is 5. The van der Waals surface area contributed by atoms with E-state index in [1.165, 1.54) is 17.8 Å². The van der Waals surface area contributed by atoms with E-state index in [-0.39, 0.29) is 5.97 Å². The highest BCUT2D eigenvalue weighted by atomic mass is 32.2. The molecule has 0 amide bonds. The van der Waals surface area contributed by atoms with Gasteiger partial charge in [0.2, 0.25) is 5.70 Å². The van der Waals surface area contributed by atoms with Crippen molar-refractivity contribution in [3.63, 3.8) is 0 Å². The van der Waals surface area contributed by atoms with E-state index in [1.807, 2.05) is 41.4 Å². The lowest BCUT2D eigenvalue weighted by atomic mass is 10.3. The first-order valence-corrected chi connectivity index (χ1v) is 7.15. The molecule has 0 aliphatic rings. The largest absolute Gasteiger partial charge is 0.463 e. The second-order valence-corrected chi connectivity index (χ2v) is 4.83. The number of esters is 1. The van der Waals surface area contributed by atoms with Crippen molar-refractivity contribution in [3.05, 3.63) is 47.0 Å². The van der Waals surface area contributed by atoms with Crippen molar-refractivity contribution in [3.8, 4) is 0 Å². The molecule has 0 saturated heterocycles. The SMILES string of the molecule is CCOC(=O)/C=C/C(=C(/S)SC)[n+]1ccccc1. The highest BCUT2D eigenvalue weighted by Crippen LogP contribution is 2.21.